The van der Waals surface area contributed by atoms with Crippen LogP contribution in [0.3, 0.4) is 0 Å². The van der Waals surface area contributed by atoms with E-state index in [9.17, 15) is 9.18 Å². The minimum atomic E-state index is -0.293. The lowest BCUT2D eigenvalue weighted by molar-refractivity contribution is -0.121. The monoisotopic (exact) mass is 300 g/mol. The minimum absolute atomic E-state index is 0.0656. The van der Waals surface area contributed by atoms with Gasteiger partial charge in [-0.15, -0.1) is 0 Å². The van der Waals surface area contributed by atoms with Crippen LogP contribution in [0.15, 0.2) is 54.6 Å². The molecular weight excluding hydrogens is 279 g/mol. The van der Waals surface area contributed by atoms with E-state index in [1.807, 2.05) is 49.3 Å². The maximum absolute atomic E-state index is 12.9. The van der Waals surface area contributed by atoms with Gasteiger partial charge >= 0.3 is 0 Å². The molecule has 116 valence electrons. The molecule has 0 bridgehead atoms. The Bertz CT molecular complexity index is 596. The van der Waals surface area contributed by atoms with E-state index in [1.54, 1.807) is 12.1 Å². The molecule has 2 rings (SSSR count). The van der Waals surface area contributed by atoms with Crippen molar-refractivity contribution in [2.75, 3.05) is 20.6 Å². The Hall–Kier alpha value is -2.20. The number of benzene rings is 2. The number of rotatable bonds is 6. The Morgan fingerprint density at radius 1 is 1.09 bits per heavy atom. The molecule has 0 heterocycles. The fraction of sp³-hybridized carbons (Fsp3) is 0.278. The van der Waals surface area contributed by atoms with Crippen molar-refractivity contribution < 1.29 is 9.18 Å². The van der Waals surface area contributed by atoms with Crippen molar-refractivity contribution >= 4 is 5.91 Å². The highest BCUT2D eigenvalue weighted by atomic mass is 19.1. The first-order valence-corrected chi connectivity index (χ1v) is 7.28. The summed E-state index contributed by atoms with van der Waals surface area (Å²) >= 11 is 0. The van der Waals surface area contributed by atoms with Crippen LogP contribution >= 0.6 is 0 Å². The topological polar surface area (TPSA) is 32.3 Å². The van der Waals surface area contributed by atoms with Gasteiger partial charge in [0.1, 0.15) is 5.82 Å². The first-order chi connectivity index (χ1) is 10.5. The molecule has 1 amide bonds. The molecule has 0 aliphatic carbocycles. The number of likely N-dealkylation sites (N-methyl/N-ethyl adjacent to an activating group) is 1. The van der Waals surface area contributed by atoms with E-state index in [-0.39, 0.29) is 24.2 Å². The molecule has 0 fully saturated rings. The van der Waals surface area contributed by atoms with Gasteiger partial charge in [-0.1, -0.05) is 42.5 Å². The number of halogens is 1. The van der Waals surface area contributed by atoms with E-state index in [4.69, 9.17) is 0 Å². The summed E-state index contributed by atoms with van der Waals surface area (Å²) in [5.41, 5.74) is 1.87. The summed E-state index contributed by atoms with van der Waals surface area (Å²) in [7, 11) is 3.95. The third-order valence-electron chi connectivity index (χ3n) is 3.36. The predicted octanol–water partition coefficient (Wildman–Crippen LogP) is 2.79. The average Bonchev–Trinajstić information content (AvgIpc) is 2.49. The smallest absolute Gasteiger partial charge is 0.224 e. The maximum Gasteiger partial charge on any atom is 0.224 e. The largest absolute Gasteiger partial charge is 0.348 e. The second kappa shape index (κ2) is 7.71. The van der Waals surface area contributed by atoms with E-state index in [2.05, 4.69) is 5.32 Å². The van der Waals surface area contributed by atoms with E-state index >= 15 is 0 Å². The van der Waals surface area contributed by atoms with Gasteiger partial charge in [0.15, 0.2) is 0 Å². The molecule has 0 aliphatic rings. The SMILES string of the molecule is CN(C)CC(NC(=O)Cc1ccc(F)cc1)c1ccccc1. The van der Waals surface area contributed by atoms with Crippen molar-refractivity contribution in [3.8, 4) is 0 Å². The van der Waals surface area contributed by atoms with Crippen molar-refractivity contribution in [2.45, 2.75) is 12.5 Å². The van der Waals surface area contributed by atoms with E-state index in [0.29, 0.717) is 0 Å². The molecule has 0 aliphatic heterocycles. The van der Waals surface area contributed by atoms with Crippen LogP contribution in [0.4, 0.5) is 4.39 Å². The fourth-order valence-corrected chi connectivity index (χ4v) is 2.32. The zero-order valence-electron chi connectivity index (χ0n) is 12.9. The van der Waals surface area contributed by atoms with Gasteiger partial charge in [-0.2, -0.15) is 0 Å². The summed E-state index contributed by atoms with van der Waals surface area (Å²) in [6.45, 7) is 0.721. The summed E-state index contributed by atoms with van der Waals surface area (Å²) in [5.74, 6) is -0.360. The van der Waals surface area contributed by atoms with Crippen molar-refractivity contribution in [3.05, 3.63) is 71.5 Å². The normalized spacial score (nSPS) is 12.2. The highest BCUT2D eigenvalue weighted by Gasteiger charge is 2.15. The Morgan fingerprint density at radius 3 is 2.32 bits per heavy atom. The summed E-state index contributed by atoms with van der Waals surface area (Å²) < 4.78 is 12.9. The fourth-order valence-electron chi connectivity index (χ4n) is 2.32. The van der Waals surface area contributed by atoms with E-state index < -0.39 is 0 Å². The molecule has 22 heavy (non-hydrogen) atoms. The highest BCUT2D eigenvalue weighted by Crippen LogP contribution is 2.14. The molecular formula is C18H21FN2O. The minimum Gasteiger partial charge on any atom is -0.348 e. The van der Waals surface area contributed by atoms with Gasteiger partial charge in [0, 0.05) is 6.54 Å². The molecule has 0 saturated carbocycles. The van der Waals surface area contributed by atoms with Gasteiger partial charge in [0.25, 0.3) is 0 Å². The highest BCUT2D eigenvalue weighted by molar-refractivity contribution is 5.79. The van der Waals surface area contributed by atoms with Crippen LogP contribution < -0.4 is 5.32 Å². The summed E-state index contributed by atoms with van der Waals surface area (Å²) in [4.78, 5) is 14.3. The number of carbonyl (C=O) groups excluding carboxylic acids is 1. The number of nitrogens with one attached hydrogen (secondary N) is 1. The van der Waals surface area contributed by atoms with Gasteiger partial charge in [-0.25, -0.2) is 4.39 Å². The van der Waals surface area contributed by atoms with Crippen LogP contribution in [-0.2, 0) is 11.2 Å². The lowest BCUT2D eigenvalue weighted by Gasteiger charge is -2.23. The standard InChI is InChI=1S/C18H21FN2O/c1-21(2)13-17(15-6-4-3-5-7-15)20-18(22)12-14-8-10-16(19)11-9-14/h3-11,17H,12-13H2,1-2H3,(H,20,22). The summed E-state index contributed by atoms with van der Waals surface area (Å²) in [6.07, 6.45) is 0.247. The Kier molecular flexibility index (Phi) is 5.67. The number of hydrogen-bond donors (Lipinski definition) is 1. The average molecular weight is 300 g/mol. The molecule has 1 unspecified atom stereocenters. The molecule has 2 aromatic rings. The van der Waals surface area contributed by atoms with Crippen molar-refractivity contribution in [1.82, 2.24) is 10.2 Å². The lowest BCUT2D eigenvalue weighted by atomic mass is 10.1. The number of hydrogen-bond acceptors (Lipinski definition) is 2. The van der Waals surface area contributed by atoms with E-state index in [0.717, 1.165) is 17.7 Å². The molecule has 2 aromatic carbocycles. The first-order valence-electron chi connectivity index (χ1n) is 7.28. The van der Waals surface area contributed by atoms with Crippen LogP contribution in [0.2, 0.25) is 0 Å². The molecule has 1 N–H and O–H groups in total. The second-order valence-electron chi connectivity index (χ2n) is 5.60. The first kappa shape index (κ1) is 16.2. The molecule has 0 saturated heterocycles. The maximum atomic E-state index is 12.9. The quantitative estimate of drug-likeness (QED) is 0.889. The van der Waals surface area contributed by atoms with Crippen molar-refractivity contribution in [2.24, 2.45) is 0 Å². The lowest BCUT2D eigenvalue weighted by Crippen LogP contribution is -2.36. The third kappa shape index (κ3) is 4.97. The van der Waals surface area contributed by atoms with Crippen LogP contribution in [0, 0.1) is 5.82 Å². The van der Waals surface area contributed by atoms with Gasteiger partial charge in [0.2, 0.25) is 5.91 Å². The number of carbonyl (C=O) groups is 1. The third-order valence-corrected chi connectivity index (χ3v) is 3.36. The Labute approximate surface area is 130 Å². The van der Waals surface area contributed by atoms with Crippen LogP contribution in [-0.4, -0.2) is 31.4 Å². The zero-order chi connectivity index (χ0) is 15.9. The van der Waals surface area contributed by atoms with Gasteiger partial charge < -0.3 is 10.2 Å². The number of nitrogens with zero attached hydrogens (tertiary/aromatic N) is 1. The van der Waals surface area contributed by atoms with Crippen LogP contribution in [0.25, 0.3) is 0 Å². The number of amides is 1. The van der Waals surface area contributed by atoms with Crippen molar-refractivity contribution in [1.29, 1.82) is 0 Å². The zero-order valence-corrected chi connectivity index (χ0v) is 12.9. The van der Waals surface area contributed by atoms with Gasteiger partial charge in [-0.05, 0) is 37.4 Å². The molecule has 4 heteroatoms. The van der Waals surface area contributed by atoms with Gasteiger partial charge in [0.05, 0.1) is 12.5 Å². The molecule has 0 aromatic heterocycles. The van der Waals surface area contributed by atoms with E-state index in [1.165, 1.54) is 12.1 Å². The summed E-state index contributed by atoms with van der Waals surface area (Å²) in [5, 5.41) is 3.05. The summed E-state index contributed by atoms with van der Waals surface area (Å²) in [6, 6.07) is 15.8. The molecule has 0 radical (unpaired) electrons. The van der Waals surface area contributed by atoms with Gasteiger partial charge in [-0.3, -0.25) is 4.79 Å². The predicted molar refractivity (Wildman–Crippen MR) is 86.0 cm³/mol. The Morgan fingerprint density at radius 2 is 1.73 bits per heavy atom. The second-order valence-corrected chi connectivity index (χ2v) is 5.60. The molecule has 3 nitrogen and oxygen atoms in total. The van der Waals surface area contributed by atoms with Crippen LogP contribution in [0.1, 0.15) is 17.2 Å². The van der Waals surface area contributed by atoms with Crippen LogP contribution in [0.5, 0.6) is 0 Å². The van der Waals surface area contributed by atoms with Crippen molar-refractivity contribution in [3.63, 3.8) is 0 Å². The molecule has 0 spiro atoms. The Balaban J connectivity index is 2.03. The molecule has 1 atom stereocenters.